The first-order chi connectivity index (χ1) is 12.0. The van der Waals surface area contributed by atoms with Gasteiger partial charge in [0.1, 0.15) is 5.52 Å². The zero-order chi connectivity index (χ0) is 18.0. The van der Waals surface area contributed by atoms with Crippen molar-refractivity contribution in [2.24, 2.45) is 5.92 Å². The van der Waals surface area contributed by atoms with Crippen LogP contribution >= 0.6 is 0 Å². The minimum atomic E-state index is -0.986. The van der Waals surface area contributed by atoms with Crippen LogP contribution in [0.4, 0.5) is 6.01 Å². The van der Waals surface area contributed by atoms with Crippen molar-refractivity contribution in [1.82, 2.24) is 9.88 Å². The van der Waals surface area contributed by atoms with Gasteiger partial charge in [0, 0.05) is 32.2 Å². The Hall–Kier alpha value is -2.34. The molecule has 134 valence electrons. The monoisotopic (exact) mass is 343 g/mol. The Labute approximate surface area is 147 Å². The fourth-order valence-electron chi connectivity index (χ4n) is 3.50. The Morgan fingerprint density at radius 1 is 1.48 bits per heavy atom. The van der Waals surface area contributed by atoms with Gasteiger partial charge in [0.25, 0.3) is 6.01 Å². The first-order valence-electron chi connectivity index (χ1n) is 8.72. The number of fused-ring (bicyclic) bond motifs is 1. The van der Waals surface area contributed by atoms with E-state index in [0.29, 0.717) is 23.0 Å². The van der Waals surface area contributed by atoms with Gasteiger partial charge in [0.15, 0.2) is 5.58 Å². The third-order valence-corrected chi connectivity index (χ3v) is 4.58. The number of rotatable bonds is 6. The molecule has 6 nitrogen and oxygen atoms in total. The number of piperazine rings is 1. The molecule has 0 aliphatic carbocycles. The van der Waals surface area contributed by atoms with Gasteiger partial charge in [-0.1, -0.05) is 26.0 Å². The molecule has 3 rings (SSSR count). The molecule has 1 aromatic carbocycles. The lowest BCUT2D eigenvalue weighted by molar-refractivity contribution is 0.0699. The molecule has 6 heteroatoms. The van der Waals surface area contributed by atoms with Gasteiger partial charge in [-0.2, -0.15) is 4.98 Å². The first kappa shape index (κ1) is 17.5. The van der Waals surface area contributed by atoms with Crippen LogP contribution in [-0.4, -0.2) is 53.2 Å². The van der Waals surface area contributed by atoms with E-state index in [4.69, 9.17) is 4.42 Å². The molecule has 1 aliphatic rings. The van der Waals surface area contributed by atoms with Crippen LogP contribution in [0.25, 0.3) is 11.1 Å². The highest BCUT2D eigenvalue weighted by molar-refractivity contribution is 6.00. The van der Waals surface area contributed by atoms with Crippen molar-refractivity contribution < 1.29 is 14.3 Å². The maximum absolute atomic E-state index is 11.4. The summed E-state index contributed by atoms with van der Waals surface area (Å²) in [5, 5.41) is 9.36. The van der Waals surface area contributed by atoms with E-state index in [0.717, 1.165) is 32.6 Å². The predicted molar refractivity (Wildman–Crippen MR) is 98.2 cm³/mol. The maximum atomic E-state index is 11.4. The van der Waals surface area contributed by atoms with Crippen molar-refractivity contribution in [3.8, 4) is 0 Å². The van der Waals surface area contributed by atoms with Crippen LogP contribution in [0.15, 0.2) is 35.3 Å². The largest absolute Gasteiger partial charge is 0.478 e. The number of benzene rings is 1. The molecule has 1 aliphatic heterocycles. The zero-order valence-electron chi connectivity index (χ0n) is 14.8. The van der Waals surface area contributed by atoms with Crippen LogP contribution in [0, 0.1) is 5.92 Å². The van der Waals surface area contributed by atoms with Crippen LogP contribution in [-0.2, 0) is 0 Å². The summed E-state index contributed by atoms with van der Waals surface area (Å²) < 4.78 is 5.92. The van der Waals surface area contributed by atoms with Crippen LogP contribution < -0.4 is 4.90 Å². The van der Waals surface area contributed by atoms with Gasteiger partial charge in [-0.15, -0.1) is 6.58 Å². The summed E-state index contributed by atoms with van der Waals surface area (Å²) in [6.07, 6.45) is 2.96. The fourth-order valence-corrected chi connectivity index (χ4v) is 3.50. The smallest absolute Gasteiger partial charge is 0.338 e. The third kappa shape index (κ3) is 3.69. The Bertz CT molecular complexity index is 768. The quantitative estimate of drug-likeness (QED) is 0.812. The summed E-state index contributed by atoms with van der Waals surface area (Å²) in [4.78, 5) is 20.5. The molecule has 0 amide bonds. The summed E-state index contributed by atoms with van der Waals surface area (Å²) in [5.74, 6) is -0.435. The van der Waals surface area contributed by atoms with Crippen LogP contribution in [0.1, 0.15) is 30.6 Å². The second-order valence-corrected chi connectivity index (χ2v) is 6.98. The highest BCUT2D eigenvalue weighted by Gasteiger charge is 2.30. The number of para-hydroxylation sites is 1. The molecule has 0 saturated carbocycles. The van der Waals surface area contributed by atoms with E-state index in [2.05, 4.69) is 35.2 Å². The van der Waals surface area contributed by atoms with Crippen molar-refractivity contribution in [3.05, 3.63) is 36.4 Å². The number of carbonyl (C=O) groups is 1. The van der Waals surface area contributed by atoms with Crippen molar-refractivity contribution >= 4 is 23.1 Å². The number of nitrogens with zero attached hydrogens (tertiary/aromatic N) is 3. The molecule has 2 aromatic rings. The molecule has 0 spiro atoms. The highest BCUT2D eigenvalue weighted by atomic mass is 16.4. The molecule has 1 saturated heterocycles. The normalized spacial score (nSPS) is 18.8. The Morgan fingerprint density at radius 3 is 2.96 bits per heavy atom. The first-order valence-corrected chi connectivity index (χ1v) is 8.72. The second-order valence-electron chi connectivity index (χ2n) is 6.98. The molecular weight excluding hydrogens is 318 g/mol. The molecule has 0 bridgehead atoms. The third-order valence-electron chi connectivity index (χ3n) is 4.58. The van der Waals surface area contributed by atoms with Crippen LogP contribution in [0.2, 0.25) is 0 Å². The van der Waals surface area contributed by atoms with Crippen LogP contribution in [0.5, 0.6) is 0 Å². The molecule has 0 radical (unpaired) electrons. The molecule has 1 atom stereocenters. The van der Waals surface area contributed by atoms with Gasteiger partial charge >= 0.3 is 5.97 Å². The Kier molecular flexibility index (Phi) is 5.08. The lowest BCUT2D eigenvalue weighted by Gasteiger charge is -2.41. The van der Waals surface area contributed by atoms with E-state index in [1.54, 1.807) is 18.2 Å². The zero-order valence-corrected chi connectivity index (χ0v) is 14.8. The lowest BCUT2D eigenvalue weighted by Crippen LogP contribution is -2.53. The molecule has 25 heavy (non-hydrogen) atoms. The number of hydrogen-bond donors (Lipinski definition) is 1. The Balaban J connectivity index is 1.93. The number of anilines is 1. The number of hydrogen-bond acceptors (Lipinski definition) is 5. The number of oxazole rings is 1. The van der Waals surface area contributed by atoms with E-state index in [1.807, 2.05) is 6.08 Å². The maximum Gasteiger partial charge on any atom is 0.338 e. The second kappa shape index (κ2) is 7.27. The number of aromatic nitrogens is 1. The van der Waals surface area contributed by atoms with Gasteiger partial charge < -0.3 is 14.4 Å². The molecule has 1 fully saturated rings. The van der Waals surface area contributed by atoms with Gasteiger partial charge in [-0.3, -0.25) is 4.90 Å². The molecule has 1 unspecified atom stereocenters. The van der Waals surface area contributed by atoms with Crippen LogP contribution in [0.3, 0.4) is 0 Å². The SMILES string of the molecule is C=CCN1CCN(c2nc3c(C(=O)O)cccc3o2)C(CC(C)C)C1. The highest BCUT2D eigenvalue weighted by Crippen LogP contribution is 2.29. The van der Waals surface area contributed by atoms with Gasteiger partial charge in [-0.25, -0.2) is 4.79 Å². The van der Waals surface area contributed by atoms with Gasteiger partial charge in [0.2, 0.25) is 0 Å². The number of carboxylic acids is 1. The van der Waals surface area contributed by atoms with Crippen molar-refractivity contribution in [2.45, 2.75) is 26.3 Å². The standard InChI is InChI=1S/C19H25N3O3/c1-4-8-21-9-10-22(14(12-21)11-13(2)3)19-20-17-15(18(23)24)6-5-7-16(17)25-19/h4-7,13-14H,1,8-12H2,2-3H3,(H,23,24). The van der Waals surface area contributed by atoms with E-state index < -0.39 is 5.97 Å². The van der Waals surface area contributed by atoms with E-state index >= 15 is 0 Å². The predicted octanol–water partition coefficient (Wildman–Crippen LogP) is 3.25. The summed E-state index contributed by atoms with van der Waals surface area (Å²) in [6, 6.07) is 5.82. The van der Waals surface area contributed by atoms with E-state index in [1.165, 1.54) is 0 Å². The minimum absolute atomic E-state index is 0.179. The van der Waals surface area contributed by atoms with E-state index in [9.17, 15) is 9.90 Å². The molecule has 2 heterocycles. The van der Waals surface area contributed by atoms with Crippen molar-refractivity contribution in [1.29, 1.82) is 0 Å². The summed E-state index contributed by atoms with van der Waals surface area (Å²) >= 11 is 0. The Morgan fingerprint density at radius 2 is 2.28 bits per heavy atom. The minimum Gasteiger partial charge on any atom is -0.478 e. The summed E-state index contributed by atoms with van der Waals surface area (Å²) in [5.41, 5.74) is 1.12. The molecule has 1 N–H and O–H groups in total. The van der Waals surface area contributed by atoms with Gasteiger partial charge in [0.05, 0.1) is 5.56 Å². The fraction of sp³-hybridized carbons (Fsp3) is 0.474. The molecular formula is C19H25N3O3. The van der Waals surface area contributed by atoms with E-state index in [-0.39, 0.29) is 11.6 Å². The topological polar surface area (TPSA) is 69.8 Å². The number of aromatic carboxylic acids is 1. The average Bonchev–Trinajstić information content (AvgIpc) is 2.98. The molecule has 1 aromatic heterocycles. The van der Waals surface area contributed by atoms with Gasteiger partial charge in [-0.05, 0) is 24.5 Å². The summed E-state index contributed by atoms with van der Waals surface area (Å²) in [7, 11) is 0. The van der Waals surface area contributed by atoms with Crippen molar-refractivity contribution in [2.75, 3.05) is 31.1 Å². The average molecular weight is 343 g/mol. The number of carboxylic acid groups (broad SMARTS) is 1. The van der Waals surface area contributed by atoms with Crippen molar-refractivity contribution in [3.63, 3.8) is 0 Å². The summed E-state index contributed by atoms with van der Waals surface area (Å²) in [6.45, 7) is 11.8. The lowest BCUT2D eigenvalue weighted by atomic mass is 10.0.